The number of aromatic carboxylic acids is 1. The first-order valence-electron chi connectivity index (χ1n) is 7.14. The van der Waals surface area contributed by atoms with Crippen molar-refractivity contribution in [1.82, 2.24) is 15.0 Å². The van der Waals surface area contributed by atoms with E-state index in [-0.39, 0.29) is 5.69 Å². The third-order valence-corrected chi connectivity index (χ3v) is 3.74. The Kier molecular flexibility index (Phi) is 4.48. The first-order valence-corrected chi connectivity index (χ1v) is 7.52. The number of benzene rings is 2. The van der Waals surface area contributed by atoms with Crippen LogP contribution in [0.4, 0.5) is 0 Å². The summed E-state index contributed by atoms with van der Waals surface area (Å²) < 4.78 is 6.76. The predicted octanol–water partition coefficient (Wildman–Crippen LogP) is 3.35. The van der Waals surface area contributed by atoms with E-state index in [2.05, 4.69) is 10.3 Å². The SMILES string of the molecule is COc1cccc(-c2c(C(=O)O)nnn2Cc2cccc(Cl)c2)c1. The second-order valence-electron chi connectivity index (χ2n) is 5.11. The van der Waals surface area contributed by atoms with E-state index in [4.69, 9.17) is 16.3 Å². The molecule has 1 heterocycles. The highest BCUT2D eigenvalue weighted by Crippen LogP contribution is 2.27. The number of ether oxygens (including phenoxy) is 1. The lowest BCUT2D eigenvalue weighted by molar-refractivity contribution is 0.0691. The van der Waals surface area contributed by atoms with Crippen molar-refractivity contribution in [3.8, 4) is 17.0 Å². The molecule has 0 unspecified atom stereocenters. The van der Waals surface area contributed by atoms with Crippen molar-refractivity contribution in [3.63, 3.8) is 0 Å². The molecule has 0 fully saturated rings. The summed E-state index contributed by atoms with van der Waals surface area (Å²) in [6.07, 6.45) is 0. The number of rotatable bonds is 5. The maximum atomic E-state index is 11.5. The molecule has 0 aliphatic carbocycles. The maximum absolute atomic E-state index is 11.5. The molecule has 2 aromatic carbocycles. The fraction of sp³-hybridized carbons (Fsp3) is 0.118. The molecule has 0 aliphatic rings. The summed E-state index contributed by atoms with van der Waals surface area (Å²) in [6, 6.07) is 14.4. The monoisotopic (exact) mass is 343 g/mol. The predicted molar refractivity (Wildman–Crippen MR) is 89.5 cm³/mol. The molecule has 0 spiro atoms. The number of carboxylic acid groups (broad SMARTS) is 1. The summed E-state index contributed by atoms with van der Waals surface area (Å²) in [5.41, 5.74) is 1.87. The summed E-state index contributed by atoms with van der Waals surface area (Å²) in [5.74, 6) is -0.510. The summed E-state index contributed by atoms with van der Waals surface area (Å²) in [5, 5.41) is 17.8. The van der Waals surface area contributed by atoms with Crippen LogP contribution in [0.3, 0.4) is 0 Å². The van der Waals surface area contributed by atoms with Gasteiger partial charge in [-0.05, 0) is 29.8 Å². The fourth-order valence-electron chi connectivity index (χ4n) is 2.43. The van der Waals surface area contributed by atoms with Gasteiger partial charge in [0.1, 0.15) is 11.4 Å². The Hall–Kier alpha value is -2.86. The Labute approximate surface area is 143 Å². The number of carbonyl (C=O) groups is 1. The van der Waals surface area contributed by atoms with Gasteiger partial charge in [0.2, 0.25) is 0 Å². The molecule has 1 N–H and O–H groups in total. The van der Waals surface area contributed by atoms with E-state index in [1.807, 2.05) is 12.1 Å². The van der Waals surface area contributed by atoms with Crippen LogP contribution in [0.5, 0.6) is 5.75 Å². The summed E-state index contributed by atoms with van der Waals surface area (Å²) in [6.45, 7) is 0.355. The zero-order valence-electron chi connectivity index (χ0n) is 12.8. The molecule has 0 radical (unpaired) electrons. The molecule has 6 nitrogen and oxygen atoms in total. The lowest BCUT2D eigenvalue weighted by atomic mass is 10.1. The van der Waals surface area contributed by atoms with E-state index >= 15 is 0 Å². The average molecular weight is 344 g/mol. The number of hydrogen-bond acceptors (Lipinski definition) is 4. The zero-order valence-corrected chi connectivity index (χ0v) is 13.6. The van der Waals surface area contributed by atoms with Gasteiger partial charge in [-0.3, -0.25) is 0 Å². The minimum Gasteiger partial charge on any atom is -0.497 e. The van der Waals surface area contributed by atoms with Crippen molar-refractivity contribution in [1.29, 1.82) is 0 Å². The average Bonchev–Trinajstić information content (AvgIpc) is 2.99. The lowest BCUT2D eigenvalue weighted by Gasteiger charge is -2.09. The molecule has 3 rings (SSSR count). The molecule has 24 heavy (non-hydrogen) atoms. The van der Waals surface area contributed by atoms with Crippen LogP contribution in [-0.2, 0) is 6.54 Å². The van der Waals surface area contributed by atoms with Gasteiger partial charge in [-0.2, -0.15) is 0 Å². The Morgan fingerprint density at radius 2 is 2.04 bits per heavy atom. The molecule has 0 saturated heterocycles. The van der Waals surface area contributed by atoms with Gasteiger partial charge in [0.05, 0.1) is 13.7 Å². The largest absolute Gasteiger partial charge is 0.497 e. The highest BCUT2D eigenvalue weighted by molar-refractivity contribution is 6.30. The van der Waals surface area contributed by atoms with E-state index in [1.54, 1.807) is 48.2 Å². The summed E-state index contributed by atoms with van der Waals surface area (Å²) in [7, 11) is 1.55. The highest BCUT2D eigenvalue weighted by atomic mass is 35.5. The number of aromatic nitrogens is 3. The topological polar surface area (TPSA) is 77.2 Å². The molecule has 0 bridgehead atoms. The van der Waals surface area contributed by atoms with Crippen molar-refractivity contribution >= 4 is 17.6 Å². The van der Waals surface area contributed by atoms with Gasteiger partial charge in [-0.1, -0.05) is 41.1 Å². The quantitative estimate of drug-likeness (QED) is 0.768. The van der Waals surface area contributed by atoms with Gasteiger partial charge in [0.15, 0.2) is 5.69 Å². The Morgan fingerprint density at radius 3 is 2.75 bits per heavy atom. The third-order valence-electron chi connectivity index (χ3n) is 3.50. The van der Waals surface area contributed by atoms with Crippen molar-refractivity contribution in [2.24, 2.45) is 0 Å². The molecule has 7 heteroatoms. The van der Waals surface area contributed by atoms with Gasteiger partial charge in [-0.25, -0.2) is 9.48 Å². The van der Waals surface area contributed by atoms with E-state index in [1.165, 1.54) is 0 Å². The molecule has 1 aromatic heterocycles. The van der Waals surface area contributed by atoms with Gasteiger partial charge < -0.3 is 9.84 Å². The number of nitrogens with zero attached hydrogens (tertiary/aromatic N) is 3. The summed E-state index contributed by atoms with van der Waals surface area (Å²) in [4.78, 5) is 11.5. The van der Waals surface area contributed by atoms with Gasteiger partial charge in [0, 0.05) is 10.6 Å². The van der Waals surface area contributed by atoms with Crippen LogP contribution in [0.1, 0.15) is 16.1 Å². The lowest BCUT2D eigenvalue weighted by Crippen LogP contribution is -2.06. The van der Waals surface area contributed by atoms with Crippen LogP contribution < -0.4 is 4.74 Å². The second kappa shape index (κ2) is 6.72. The van der Waals surface area contributed by atoms with Crippen LogP contribution in [-0.4, -0.2) is 33.2 Å². The Morgan fingerprint density at radius 1 is 1.25 bits per heavy atom. The minimum absolute atomic E-state index is 0.106. The van der Waals surface area contributed by atoms with Crippen molar-refractivity contribution in [3.05, 3.63) is 64.8 Å². The number of hydrogen-bond donors (Lipinski definition) is 1. The molecule has 0 atom stereocenters. The van der Waals surface area contributed by atoms with E-state index in [0.29, 0.717) is 28.6 Å². The van der Waals surface area contributed by atoms with Gasteiger partial charge in [0.25, 0.3) is 0 Å². The maximum Gasteiger partial charge on any atom is 0.358 e. The van der Waals surface area contributed by atoms with E-state index in [9.17, 15) is 9.90 Å². The number of halogens is 1. The van der Waals surface area contributed by atoms with Crippen LogP contribution in [0.2, 0.25) is 5.02 Å². The highest BCUT2D eigenvalue weighted by Gasteiger charge is 2.21. The normalized spacial score (nSPS) is 10.6. The molecule has 0 saturated carbocycles. The van der Waals surface area contributed by atoms with Crippen LogP contribution in [0, 0.1) is 0 Å². The Bertz CT molecular complexity index is 892. The molecule has 3 aromatic rings. The molecular formula is C17H14ClN3O3. The van der Waals surface area contributed by atoms with Crippen molar-refractivity contribution < 1.29 is 14.6 Å². The first-order chi connectivity index (χ1) is 11.6. The first kappa shape index (κ1) is 16.0. The Balaban J connectivity index is 2.08. The third kappa shape index (κ3) is 3.23. The molecule has 122 valence electrons. The molecule has 0 aliphatic heterocycles. The number of carboxylic acids is 1. The fourth-order valence-corrected chi connectivity index (χ4v) is 2.65. The smallest absolute Gasteiger partial charge is 0.358 e. The van der Waals surface area contributed by atoms with E-state index < -0.39 is 5.97 Å². The zero-order chi connectivity index (χ0) is 17.1. The minimum atomic E-state index is -1.13. The molecule has 0 amide bonds. The van der Waals surface area contributed by atoms with Crippen molar-refractivity contribution in [2.45, 2.75) is 6.54 Å². The van der Waals surface area contributed by atoms with Crippen LogP contribution >= 0.6 is 11.6 Å². The number of methoxy groups -OCH3 is 1. The summed E-state index contributed by atoms with van der Waals surface area (Å²) >= 11 is 6.01. The second-order valence-corrected chi connectivity index (χ2v) is 5.55. The van der Waals surface area contributed by atoms with Crippen molar-refractivity contribution in [2.75, 3.05) is 7.11 Å². The van der Waals surface area contributed by atoms with Gasteiger partial charge in [-0.15, -0.1) is 5.10 Å². The van der Waals surface area contributed by atoms with E-state index in [0.717, 1.165) is 5.56 Å². The van der Waals surface area contributed by atoms with Gasteiger partial charge >= 0.3 is 5.97 Å². The molecular weight excluding hydrogens is 330 g/mol. The van der Waals surface area contributed by atoms with Crippen LogP contribution in [0.25, 0.3) is 11.3 Å². The standard InChI is InChI=1S/C17H14ClN3O3/c1-24-14-7-3-5-12(9-14)16-15(17(22)23)19-20-21(16)10-11-4-2-6-13(18)8-11/h2-9H,10H2,1H3,(H,22,23). The van der Waals surface area contributed by atoms with Crippen LogP contribution in [0.15, 0.2) is 48.5 Å².